The van der Waals surface area contributed by atoms with E-state index < -0.39 is 5.97 Å². The highest BCUT2D eigenvalue weighted by Gasteiger charge is 2.21. The van der Waals surface area contributed by atoms with Crippen molar-refractivity contribution in [2.45, 2.75) is 13.3 Å². The lowest BCUT2D eigenvalue weighted by Gasteiger charge is -2.09. The number of ether oxygens (including phenoxy) is 1. The monoisotopic (exact) mass is 401 g/mol. The second-order valence-corrected chi connectivity index (χ2v) is 7.09. The van der Waals surface area contributed by atoms with E-state index in [2.05, 4.69) is 0 Å². The lowest BCUT2D eigenvalue weighted by molar-refractivity contribution is 0.0600. The zero-order chi connectivity index (χ0) is 21.3. The van der Waals surface area contributed by atoms with Crippen LogP contribution in [-0.4, -0.2) is 23.8 Å². The maximum atomic E-state index is 14.1. The first-order valence-electron chi connectivity index (χ1n) is 9.55. The Hall–Kier alpha value is -3.73. The molecule has 0 radical (unpaired) electrons. The van der Waals surface area contributed by atoms with Crippen LogP contribution in [0.15, 0.2) is 66.9 Å². The number of hydrogen-bond donors (Lipinski definition) is 0. The van der Waals surface area contributed by atoms with Crippen molar-refractivity contribution >= 4 is 17.8 Å². The minimum absolute atomic E-state index is 0.279. The second-order valence-electron chi connectivity index (χ2n) is 7.09. The Morgan fingerprint density at radius 3 is 2.57 bits per heavy atom. The van der Waals surface area contributed by atoms with Crippen LogP contribution in [0, 0.1) is 12.7 Å². The number of carbonyl (C=O) groups is 2. The number of esters is 1. The topological polar surface area (TPSA) is 47.8 Å². The summed E-state index contributed by atoms with van der Waals surface area (Å²) in [5.41, 5.74) is 5.48. The summed E-state index contributed by atoms with van der Waals surface area (Å²) in [5.74, 6) is -0.731. The van der Waals surface area contributed by atoms with Gasteiger partial charge in [0.05, 0.1) is 23.9 Å². The van der Waals surface area contributed by atoms with E-state index in [-0.39, 0.29) is 5.82 Å². The fraction of sp³-hybridized carbons (Fsp3) is 0.120. The molecule has 0 aliphatic rings. The Morgan fingerprint density at radius 2 is 1.87 bits per heavy atom. The van der Waals surface area contributed by atoms with Crippen molar-refractivity contribution in [3.05, 3.63) is 101 Å². The van der Waals surface area contributed by atoms with Crippen LogP contribution in [-0.2, 0) is 11.2 Å². The van der Waals surface area contributed by atoms with Gasteiger partial charge in [-0.15, -0.1) is 0 Å². The minimum atomic E-state index is -0.451. The van der Waals surface area contributed by atoms with Crippen molar-refractivity contribution in [2.75, 3.05) is 7.11 Å². The molecule has 4 aromatic rings. The smallest absolute Gasteiger partial charge is 0.337 e. The molecule has 2 aromatic carbocycles. The molecule has 0 bridgehead atoms. The zero-order valence-corrected chi connectivity index (χ0v) is 16.7. The number of carbonyl (C=O) groups excluding carboxylic acids is 2. The molecule has 0 unspecified atom stereocenters. The molecular formula is C25H20FNO3. The average molecular weight is 401 g/mol. The van der Waals surface area contributed by atoms with Crippen LogP contribution in [0.4, 0.5) is 4.39 Å². The van der Waals surface area contributed by atoms with Gasteiger partial charge in [-0.25, -0.2) is 9.18 Å². The molecule has 150 valence electrons. The van der Waals surface area contributed by atoms with E-state index in [0.717, 1.165) is 34.1 Å². The third-order valence-corrected chi connectivity index (χ3v) is 5.42. The highest BCUT2D eigenvalue weighted by molar-refractivity contribution is 5.97. The van der Waals surface area contributed by atoms with Crippen molar-refractivity contribution < 1.29 is 18.7 Å². The molecule has 0 aliphatic heterocycles. The summed E-state index contributed by atoms with van der Waals surface area (Å²) in [6, 6.07) is 18.0. The highest BCUT2D eigenvalue weighted by atomic mass is 19.1. The molecule has 0 saturated heterocycles. The summed E-state index contributed by atoms with van der Waals surface area (Å²) in [6.45, 7) is 1.73. The average Bonchev–Trinajstić information content (AvgIpc) is 3.09. The van der Waals surface area contributed by atoms with Gasteiger partial charge < -0.3 is 9.14 Å². The van der Waals surface area contributed by atoms with Gasteiger partial charge in [-0.2, -0.15) is 0 Å². The molecule has 0 N–H and O–H groups in total. The SMILES string of the molecule is COC(=O)c1ccn2c(C=O)c(Cc3cccc(F)c3C)c(-c3ccccc3)c2c1. The van der Waals surface area contributed by atoms with Crippen LogP contribution >= 0.6 is 0 Å². The van der Waals surface area contributed by atoms with E-state index in [1.807, 2.05) is 36.4 Å². The Labute approximate surface area is 173 Å². The maximum absolute atomic E-state index is 14.1. The van der Waals surface area contributed by atoms with Crippen molar-refractivity contribution in [3.63, 3.8) is 0 Å². The Morgan fingerprint density at radius 1 is 1.10 bits per heavy atom. The highest BCUT2D eigenvalue weighted by Crippen LogP contribution is 2.35. The third kappa shape index (κ3) is 3.28. The third-order valence-electron chi connectivity index (χ3n) is 5.42. The number of halogens is 1. The normalized spacial score (nSPS) is 10.9. The van der Waals surface area contributed by atoms with Gasteiger partial charge in [0.25, 0.3) is 0 Å². The van der Waals surface area contributed by atoms with Gasteiger partial charge in [0.1, 0.15) is 5.82 Å². The van der Waals surface area contributed by atoms with Crippen LogP contribution < -0.4 is 0 Å². The van der Waals surface area contributed by atoms with E-state index in [0.29, 0.717) is 23.2 Å². The Balaban J connectivity index is 2.03. The number of methoxy groups -OCH3 is 1. The molecule has 0 amide bonds. The molecule has 0 atom stereocenters. The summed E-state index contributed by atoms with van der Waals surface area (Å²) < 4.78 is 20.8. The van der Waals surface area contributed by atoms with Gasteiger partial charge in [-0.1, -0.05) is 42.5 Å². The fourth-order valence-electron chi connectivity index (χ4n) is 3.84. The van der Waals surface area contributed by atoms with E-state index >= 15 is 0 Å². The van der Waals surface area contributed by atoms with E-state index in [4.69, 9.17) is 4.74 Å². The van der Waals surface area contributed by atoms with Gasteiger partial charge in [0.2, 0.25) is 0 Å². The number of pyridine rings is 1. The van der Waals surface area contributed by atoms with Crippen molar-refractivity contribution in [1.29, 1.82) is 0 Å². The lowest BCUT2D eigenvalue weighted by Crippen LogP contribution is -2.02. The molecule has 0 spiro atoms. The van der Waals surface area contributed by atoms with Crippen molar-refractivity contribution in [2.24, 2.45) is 0 Å². The van der Waals surface area contributed by atoms with Crippen molar-refractivity contribution in [3.8, 4) is 11.1 Å². The number of hydrogen-bond acceptors (Lipinski definition) is 3. The molecule has 2 aromatic heterocycles. The lowest BCUT2D eigenvalue weighted by atomic mass is 9.94. The molecule has 4 rings (SSSR count). The maximum Gasteiger partial charge on any atom is 0.337 e. The van der Waals surface area contributed by atoms with Crippen LogP contribution in [0.2, 0.25) is 0 Å². The first-order valence-corrected chi connectivity index (χ1v) is 9.55. The van der Waals surface area contributed by atoms with Gasteiger partial charge in [-0.05, 0) is 47.4 Å². The molecule has 30 heavy (non-hydrogen) atoms. The fourth-order valence-corrected chi connectivity index (χ4v) is 3.84. The minimum Gasteiger partial charge on any atom is -0.465 e. The number of rotatable bonds is 5. The summed E-state index contributed by atoms with van der Waals surface area (Å²) in [4.78, 5) is 24.2. The van der Waals surface area contributed by atoms with E-state index in [9.17, 15) is 14.0 Å². The summed E-state index contributed by atoms with van der Waals surface area (Å²) >= 11 is 0. The predicted molar refractivity (Wildman–Crippen MR) is 114 cm³/mol. The van der Waals surface area contributed by atoms with Crippen LogP contribution in [0.3, 0.4) is 0 Å². The zero-order valence-electron chi connectivity index (χ0n) is 16.7. The van der Waals surface area contributed by atoms with Gasteiger partial charge >= 0.3 is 5.97 Å². The summed E-state index contributed by atoms with van der Waals surface area (Å²) in [6.07, 6.45) is 2.89. The number of aromatic nitrogens is 1. The van der Waals surface area contributed by atoms with Crippen LogP contribution in [0.5, 0.6) is 0 Å². The standard InChI is InChI=1S/C25H20FNO3/c1-16-18(9-6-10-21(16)26)13-20-23(15-28)27-12-11-19(25(29)30-2)14-22(27)24(20)17-7-4-3-5-8-17/h3-12,14-15H,13H2,1-2H3. The molecule has 0 aliphatic carbocycles. The van der Waals surface area contributed by atoms with Crippen LogP contribution in [0.25, 0.3) is 16.6 Å². The van der Waals surface area contributed by atoms with Gasteiger partial charge in [0, 0.05) is 18.2 Å². The molecule has 0 fully saturated rings. The predicted octanol–water partition coefficient (Wildman–Crippen LogP) is 5.24. The first kappa shape index (κ1) is 19.6. The number of benzene rings is 2. The number of aldehydes is 1. The van der Waals surface area contributed by atoms with Gasteiger partial charge in [0.15, 0.2) is 6.29 Å². The van der Waals surface area contributed by atoms with Gasteiger partial charge in [-0.3, -0.25) is 4.79 Å². The summed E-state index contributed by atoms with van der Waals surface area (Å²) in [7, 11) is 1.33. The second kappa shape index (κ2) is 7.95. The van der Waals surface area contributed by atoms with E-state index in [1.165, 1.54) is 13.2 Å². The Bertz CT molecular complexity index is 1260. The van der Waals surface area contributed by atoms with E-state index in [1.54, 1.807) is 35.7 Å². The first-order chi connectivity index (χ1) is 14.5. The number of nitrogens with zero attached hydrogens (tertiary/aromatic N) is 1. The molecule has 2 heterocycles. The quantitative estimate of drug-likeness (QED) is 0.339. The molecule has 0 saturated carbocycles. The molecule has 4 nitrogen and oxygen atoms in total. The number of fused-ring (bicyclic) bond motifs is 1. The molecule has 5 heteroatoms. The van der Waals surface area contributed by atoms with Crippen molar-refractivity contribution in [1.82, 2.24) is 4.40 Å². The Kier molecular flexibility index (Phi) is 5.19. The molecular weight excluding hydrogens is 381 g/mol. The summed E-state index contributed by atoms with van der Waals surface area (Å²) in [5, 5.41) is 0. The largest absolute Gasteiger partial charge is 0.465 e. The van der Waals surface area contributed by atoms with Crippen LogP contribution in [0.1, 0.15) is 37.5 Å².